The second-order valence-corrected chi connectivity index (χ2v) is 5.25. The Morgan fingerprint density at radius 3 is 2.63 bits per heavy atom. The van der Waals surface area contributed by atoms with Gasteiger partial charge >= 0.3 is 0 Å². The molecule has 2 rings (SSSR count). The smallest absolute Gasteiger partial charge is 0.254 e. The van der Waals surface area contributed by atoms with Crippen LogP contribution in [0.25, 0.3) is 0 Å². The highest BCUT2D eigenvalue weighted by Crippen LogP contribution is 2.26. The number of nitrogens with zero attached hydrogens (tertiary/aromatic N) is 2. The zero-order valence-corrected chi connectivity index (χ0v) is 11.7. The SMILES string of the molecule is CN(C)c1cccc(C(=O)N(CCO)C2CCC2)c1. The van der Waals surface area contributed by atoms with Gasteiger partial charge in [0.2, 0.25) is 0 Å². The van der Waals surface area contributed by atoms with Gasteiger partial charge in [0, 0.05) is 37.9 Å². The Balaban J connectivity index is 2.18. The molecule has 1 saturated carbocycles. The number of hydrogen-bond donors (Lipinski definition) is 1. The summed E-state index contributed by atoms with van der Waals surface area (Å²) >= 11 is 0. The van der Waals surface area contributed by atoms with E-state index in [1.54, 1.807) is 0 Å². The first kappa shape index (κ1) is 13.9. The lowest BCUT2D eigenvalue weighted by molar-refractivity contribution is 0.0526. The minimum atomic E-state index is 0.0234. The summed E-state index contributed by atoms with van der Waals surface area (Å²) < 4.78 is 0. The van der Waals surface area contributed by atoms with Gasteiger partial charge in [0.15, 0.2) is 0 Å². The monoisotopic (exact) mass is 262 g/mol. The Morgan fingerprint density at radius 2 is 2.11 bits per heavy atom. The standard InChI is InChI=1S/C15H22N2O2/c1-16(2)14-8-3-5-12(11-14)15(19)17(9-10-18)13-6-4-7-13/h3,5,8,11,13,18H,4,6-7,9-10H2,1-2H3. The van der Waals surface area contributed by atoms with Crippen molar-refractivity contribution in [3.63, 3.8) is 0 Å². The minimum absolute atomic E-state index is 0.0234. The fourth-order valence-electron chi connectivity index (χ4n) is 2.34. The third-order valence-corrected chi connectivity index (χ3v) is 3.73. The molecule has 1 aromatic carbocycles. The molecule has 104 valence electrons. The second kappa shape index (κ2) is 6.06. The first-order chi connectivity index (χ1) is 9.13. The fourth-order valence-corrected chi connectivity index (χ4v) is 2.34. The number of benzene rings is 1. The number of hydrogen-bond acceptors (Lipinski definition) is 3. The van der Waals surface area contributed by atoms with E-state index in [0.29, 0.717) is 18.2 Å². The van der Waals surface area contributed by atoms with Crippen molar-refractivity contribution in [3.8, 4) is 0 Å². The highest BCUT2D eigenvalue weighted by atomic mass is 16.3. The van der Waals surface area contributed by atoms with Crippen molar-refractivity contribution in [1.82, 2.24) is 4.90 Å². The topological polar surface area (TPSA) is 43.8 Å². The van der Waals surface area contributed by atoms with Gasteiger partial charge in [0.05, 0.1) is 6.61 Å². The molecule has 0 atom stereocenters. The first-order valence-corrected chi connectivity index (χ1v) is 6.82. The normalized spacial score (nSPS) is 14.9. The van der Waals surface area contributed by atoms with Crippen LogP contribution in [0, 0.1) is 0 Å². The maximum atomic E-state index is 12.5. The van der Waals surface area contributed by atoms with Gasteiger partial charge in [-0.25, -0.2) is 0 Å². The van der Waals surface area contributed by atoms with Crippen LogP contribution in [-0.4, -0.2) is 49.2 Å². The summed E-state index contributed by atoms with van der Waals surface area (Å²) in [5.41, 5.74) is 1.72. The molecule has 0 aromatic heterocycles. The molecule has 1 fully saturated rings. The molecule has 4 heteroatoms. The maximum Gasteiger partial charge on any atom is 0.254 e. The van der Waals surface area contributed by atoms with Crippen molar-refractivity contribution in [2.24, 2.45) is 0 Å². The van der Waals surface area contributed by atoms with Gasteiger partial charge in [0.1, 0.15) is 0 Å². The second-order valence-electron chi connectivity index (χ2n) is 5.25. The molecule has 1 N–H and O–H groups in total. The van der Waals surface area contributed by atoms with E-state index in [2.05, 4.69) is 0 Å². The number of carbonyl (C=O) groups excluding carboxylic acids is 1. The molecule has 0 radical (unpaired) electrons. The van der Waals surface area contributed by atoms with Crippen LogP contribution in [0.5, 0.6) is 0 Å². The lowest BCUT2D eigenvalue weighted by Gasteiger charge is -2.37. The molecule has 0 aliphatic heterocycles. The van der Waals surface area contributed by atoms with Gasteiger partial charge in [-0.3, -0.25) is 4.79 Å². The predicted octanol–water partition coefficient (Wildman–Crippen LogP) is 1.74. The number of aliphatic hydroxyl groups is 1. The molecule has 1 aliphatic carbocycles. The van der Waals surface area contributed by atoms with E-state index in [-0.39, 0.29) is 12.5 Å². The third kappa shape index (κ3) is 3.07. The van der Waals surface area contributed by atoms with Gasteiger partial charge in [-0.1, -0.05) is 6.07 Å². The molecule has 0 unspecified atom stereocenters. The van der Waals surface area contributed by atoms with E-state index < -0.39 is 0 Å². The average molecular weight is 262 g/mol. The average Bonchev–Trinajstić information content (AvgIpc) is 2.35. The number of amides is 1. The molecule has 0 heterocycles. The van der Waals surface area contributed by atoms with E-state index >= 15 is 0 Å². The molecule has 1 aliphatic rings. The summed E-state index contributed by atoms with van der Waals surface area (Å²) in [4.78, 5) is 16.3. The van der Waals surface area contributed by atoms with Crippen LogP contribution in [0.3, 0.4) is 0 Å². The van der Waals surface area contributed by atoms with Crippen LogP contribution in [0.1, 0.15) is 29.6 Å². The first-order valence-electron chi connectivity index (χ1n) is 6.82. The van der Waals surface area contributed by atoms with Crippen LogP contribution < -0.4 is 4.90 Å². The zero-order valence-electron chi connectivity index (χ0n) is 11.7. The summed E-state index contributed by atoms with van der Waals surface area (Å²) in [6.45, 7) is 0.450. The van der Waals surface area contributed by atoms with Crippen molar-refractivity contribution in [3.05, 3.63) is 29.8 Å². The molecule has 4 nitrogen and oxygen atoms in total. The van der Waals surface area contributed by atoms with Crippen molar-refractivity contribution in [2.75, 3.05) is 32.1 Å². The number of anilines is 1. The van der Waals surface area contributed by atoms with Crippen molar-refractivity contribution < 1.29 is 9.90 Å². The Bertz CT molecular complexity index is 442. The summed E-state index contributed by atoms with van der Waals surface area (Å²) in [6, 6.07) is 7.95. The molecule has 0 saturated heterocycles. The van der Waals surface area contributed by atoms with Gasteiger partial charge in [-0.15, -0.1) is 0 Å². The third-order valence-electron chi connectivity index (χ3n) is 3.73. The van der Waals surface area contributed by atoms with E-state index in [0.717, 1.165) is 18.5 Å². The van der Waals surface area contributed by atoms with Crippen LogP contribution in [-0.2, 0) is 0 Å². The van der Waals surface area contributed by atoms with Crippen LogP contribution in [0.15, 0.2) is 24.3 Å². The molecular weight excluding hydrogens is 240 g/mol. The lowest BCUT2D eigenvalue weighted by Crippen LogP contribution is -2.45. The van der Waals surface area contributed by atoms with E-state index in [1.165, 1.54) is 6.42 Å². The number of rotatable bonds is 5. The van der Waals surface area contributed by atoms with E-state index in [4.69, 9.17) is 5.11 Å². The van der Waals surface area contributed by atoms with Crippen LogP contribution in [0.4, 0.5) is 5.69 Å². The lowest BCUT2D eigenvalue weighted by atomic mass is 9.91. The Morgan fingerprint density at radius 1 is 1.37 bits per heavy atom. The Kier molecular flexibility index (Phi) is 4.43. The molecule has 1 amide bonds. The van der Waals surface area contributed by atoms with E-state index in [9.17, 15) is 4.79 Å². The number of aliphatic hydroxyl groups excluding tert-OH is 1. The summed E-state index contributed by atoms with van der Waals surface area (Å²) in [5, 5.41) is 9.14. The number of carbonyl (C=O) groups is 1. The van der Waals surface area contributed by atoms with Gasteiger partial charge in [-0.05, 0) is 37.5 Å². The van der Waals surface area contributed by atoms with Gasteiger partial charge in [-0.2, -0.15) is 0 Å². The van der Waals surface area contributed by atoms with Crippen LogP contribution >= 0.6 is 0 Å². The Hall–Kier alpha value is -1.55. The highest BCUT2D eigenvalue weighted by Gasteiger charge is 2.28. The van der Waals surface area contributed by atoms with Crippen molar-refractivity contribution in [2.45, 2.75) is 25.3 Å². The molecule has 0 spiro atoms. The van der Waals surface area contributed by atoms with E-state index in [1.807, 2.05) is 48.2 Å². The van der Waals surface area contributed by atoms with Crippen LogP contribution in [0.2, 0.25) is 0 Å². The summed E-state index contributed by atoms with van der Waals surface area (Å²) in [7, 11) is 3.92. The van der Waals surface area contributed by atoms with Gasteiger partial charge < -0.3 is 14.9 Å². The van der Waals surface area contributed by atoms with Gasteiger partial charge in [0.25, 0.3) is 5.91 Å². The Labute approximate surface area is 114 Å². The van der Waals surface area contributed by atoms with Crippen molar-refractivity contribution in [1.29, 1.82) is 0 Å². The maximum absolute atomic E-state index is 12.5. The quantitative estimate of drug-likeness (QED) is 0.879. The minimum Gasteiger partial charge on any atom is -0.395 e. The highest BCUT2D eigenvalue weighted by molar-refractivity contribution is 5.95. The largest absolute Gasteiger partial charge is 0.395 e. The molecule has 19 heavy (non-hydrogen) atoms. The fraction of sp³-hybridized carbons (Fsp3) is 0.533. The molecular formula is C15H22N2O2. The molecule has 1 aromatic rings. The van der Waals surface area contributed by atoms with Crippen molar-refractivity contribution >= 4 is 11.6 Å². The predicted molar refractivity (Wildman–Crippen MR) is 76.5 cm³/mol. The molecule has 0 bridgehead atoms. The summed E-state index contributed by atoms with van der Waals surface area (Å²) in [5.74, 6) is 0.0300. The summed E-state index contributed by atoms with van der Waals surface area (Å²) in [6.07, 6.45) is 3.29. The zero-order chi connectivity index (χ0) is 13.8.